The van der Waals surface area contributed by atoms with E-state index in [9.17, 15) is 5.11 Å². The topological polar surface area (TPSA) is 20.2 Å². The highest BCUT2D eigenvalue weighted by Gasteiger charge is 2.41. The number of rotatable bonds is 3. The molecule has 1 unspecified atom stereocenters. The van der Waals surface area contributed by atoms with Crippen LogP contribution in [-0.4, -0.2) is 35.8 Å². The Balaban J connectivity index is 1.62. The van der Waals surface area contributed by atoms with Crippen molar-refractivity contribution in [2.45, 2.75) is 25.4 Å². The van der Waals surface area contributed by atoms with E-state index in [2.05, 4.69) is 6.07 Å². The first-order valence-corrected chi connectivity index (χ1v) is 10.6. The summed E-state index contributed by atoms with van der Waals surface area (Å²) < 4.78 is 1.07. The summed E-state index contributed by atoms with van der Waals surface area (Å²) in [7, 11) is 0. The number of nitrogens with zero attached hydrogens (tertiary/aromatic N) is 1. The molecule has 0 saturated carbocycles. The summed E-state index contributed by atoms with van der Waals surface area (Å²) in [5.74, 6) is 0.926. The highest BCUT2D eigenvalue weighted by molar-refractivity contribution is 6.33. The predicted octanol–water partition coefficient (Wildman–Crippen LogP) is 5.96. The number of fused-ring (bicyclic) bond motifs is 6. The Labute approximate surface area is 169 Å². The van der Waals surface area contributed by atoms with Gasteiger partial charge in [-0.1, -0.05) is 35.3 Å². The highest BCUT2D eigenvalue weighted by Crippen LogP contribution is 2.39. The van der Waals surface area contributed by atoms with Crippen LogP contribution in [0, 0.1) is 5.92 Å². The summed E-state index contributed by atoms with van der Waals surface area (Å²) in [5, 5.41) is 17.0. The van der Waals surface area contributed by atoms with E-state index in [4.69, 9.17) is 23.2 Å². The molecule has 4 heteroatoms. The lowest BCUT2D eigenvalue weighted by Gasteiger charge is -2.50. The third-order valence-corrected chi connectivity index (χ3v) is 7.33. The normalized spacial score (nSPS) is 26.0. The van der Waals surface area contributed by atoms with E-state index in [-0.39, 0.29) is 0 Å². The zero-order valence-electron chi connectivity index (χ0n) is 15.3. The van der Waals surface area contributed by atoms with Crippen molar-refractivity contribution < 1.29 is 9.59 Å². The largest absolute Gasteiger partial charge is 0.382 e. The third kappa shape index (κ3) is 3.13. The number of hydrogen-bond donors (Lipinski definition) is 1. The minimum Gasteiger partial charge on any atom is -0.382 e. The molecule has 1 atom stereocenters. The maximum Gasteiger partial charge on any atom is 0.128 e. The third-order valence-electron chi connectivity index (χ3n) is 6.86. The molecule has 140 valence electrons. The fourth-order valence-electron chi connectivity index (χ4n) is 5.28. The second-order valence-corrected chi connectivity index (χ2v) is 9.34. The number of piperidine rings is 3. The SMILES string of the molecule is OC(C[N+]12CCC(CC1)CC2)c1cc2ccc(Cl)cc2c2cc(Cl)ccc12. The molecule has 1 N–H and O–H groups in total. The van der Waals surface area contributed by atoms with Crippen molar-refractivity contribution in [1.82, 2.24) is 0 Å². The Kier molecular flexibility index (Phi) is 4.36. The fraction of sp³-hybridized carbons (Fsp3) is 0.391. The van der Waals surface area contributed by atoms with Gasteiger partial charge in [0, 0.05) is 10.0 Å². The summed E-state index contributed by atoms with van der Waals surface area (Å²) in [4.78, 5) is 0. The summed E-state index contributed by atoms with van der Waals surface area (Å²) in [5.41, 5.74) is 1.01. The first kappa shape index (κ1) is 17.8. The fourth-order valence-corrected chi connectivity index (χ4v) is 5.62. The lowest BCUT2D eigenvalue weighted by atomic mass is 9.85. The van der Waals surface area contributed by atoms with Crippen LogP contribution in [0.15, 0.2) is 42.5 Å². The van der Waals surface area contributed by atoms with Crippen molar-refractivity contribution in [2.24, 2.45) is 5.92 Å². The molecule has 0 aliphatic carbocycles. The summed E-state index contributed by atoms with van der Waals surface area (Å²) >= 11 is 12.5. The number of halogens is 2. The van der Waals surface area contributed by atoms with Gasteiger partial charge in [0.2, 0.25) is 0 Å². The van der Waals surface area contributed by atoms with Gasteiger partial charge in [-0.2, -0.15) is 0 Å². The van der Waals surface area contributed by atoms with Gasteiger partial charge in [-0.25, -0.2) is 0 Å². The van der Waals surface area contributed by atoms with Crippen molar-refractivity contribution >= 4 is 44.7 Å². The lowest BCUT2D eigenvalue weighted by molar-refractivity contribution is -0.945. The molecule has 0 aromatic heterocycles. The average molecular weight is 401 g/mol. The minimum atomic E-state index is -0.469. The number of aliphatic hydroxyl groups is 1. The van der Waals surface area contributed by atoms with Gasteiger partial charge >= 0.3 is 0 Å². The van der Waals surface area contributed by atoms with Gasteiger partial charge in [-0.15, -0.1) is 0 Å². The molecule has 2 nitrogen and oxygen atoms in total. The first-order chi connectivity index (χ1) is 13.0. The van der Waals surface area contributed by atoms with Crippen molar-refractivity contribution in [3.63, 3.8) is 0 Å². The van der Waals surface area contributed by atoms with Gasteiger partial charge in [0.1, 0.15) is 12.6 Å². The van der Waals surface area contributed by atoms with E-state index in [1.807, 2.05) is 36.4 Å². The van der Waals surface area contributed by atoms with Crippen LogP contribution in [0.2, 0.25) is 10.0 Å². The molecule has 6 rings (SSSR count). The van der Waals surface area contributed by atoms with E-state index in [1.54, 1.807) is 0 Å². The second kappa shape index (κ2) is 6.63. The zero-order valence-corrected chi connectivity index (χ0v) is 16.8. The van der Waals surface area contributed by atoms with Gasteiger partial charge in [-0.05, 0) is 82.6 Å². The predicted molar refractivity (Wildman–Crippen MR) is 114 cm³/mol. The maximum absolute atomic E-state index is 11.3. The molecule has 0 amide bonds. The van der Waals surface area contributed by atoms with Crippen LogP contribution in [0.25, 0.3) is 21.5 Å². The monoisotopic (exact) mass is 400 g/mol. The molecular formula is C23H24Cl2NO+. The summed E-state index contributed by atoms with van der Waals surface area (Å²) in [6, 6.07) is 14.0. The number of hydrogen-bond acceptors (Lipinski definition) is 1. The second-order valence-electron chi connectivity index (χ2n) is 8.46. The molecular weight excluding hydrogens is 377 g/mol. The van der Waals surface area contributed by atoms with E-state index >= 15 is 0 Å². The van der Waals surface area contributed by atoms with Crippen LogP contribution >= 0.6 is 23.2 Å². The van der Waals surface area contributed by atoms with E-state index < -0.39 is 6.10 Å². The Morgan fingerprint density at radius 1 is 0.852 bits per heavy atom. The standard InChI is InChI=1S/C23H24Cl2NO/c24-17-2-1-16-11-22(19-4-3-18(25)13-21(19)20(16)12-17)23(27)14-26-8-5-15(6-9-26)7-10-26/h1-4,11-13,15,23,27H,5-10,14H2/q+1. The smallest absolute Gasteiger partial charge is 0.128 e. The molecule has 3 aliphatic rings. The van der Waals surface area contributed by atoms with Crippen LogP contribution in [0.3, 0.4) is 0 Å². The Morgan fingerprint density at radius 2 is 1.48 bits per heavy atom. The maximum atomic E-state index is 11.3. The Bertz CT molecular complexity index is 1010. The molecule has 0 radical (unpaired) electrons. The molecule has 3 fully saturated rings. The summed E-state index contributed by atoms with van der Waals surface area (Å²) in [6.07, 6.45) is 3.49. The first-order valence-electron chi connectivity index (χ1n) is 9.88. The average Bonchev–Trinajstić information content (AvgIpc) is 2.68. The van der Waals surface area contributed by atoms with Gasteiger partial charge in [0.25, 0.3) is 0 Å². The Hall–Kier alpha value is -1.32. The molecule has 27 heavy (non-hydrogen) atoms. The molecule has 2 bridgehead atoms. The molecule has 3 aromatic carbocycles. The van der Waals surface area contributed by atoms with Crippen molar-refractivity contribution in [2.75, 3.05) is 26.2 Å². The zero-order chi connectivity index (χ0) is 18.6. The minimum absolute atomic E-state index is 0.469. The lowest BCUT2D eigenvalue weighted by Crippen LogP contribution is -2.59. The van der Waals surface area contributed by atoms with Gasteiger partial charge in [-0.3, -0.25) is 0 Å². The summed E-state index contributed by atoms with van der Waals surface area (Å²) in [6.45, 7) is 4.46. The number of quaternary nitrogens is 1. The van der Waals surface area contributed by atoms with Crippen molar-refractivity contribution in [3.8, 4) is 0 Å². The van der Waals surface area contributed by atoms with Gasteiger partial charge < -0.3 is 9.59 Å². The van der Waals surface area contributed by atoms with Gasteiger partial charge in [0.05, 0.1) is 19.6 Å². The van der Waals surface area contributed by atoms with Gasteiger partial charge in [0.15, 0.2) is 0 Å². The number of benzene rings is 3. The number of aliphatic hydroxyl groups excluding tert-OH is 1. The Morgan fingerprint density at radius 3 is 2.19 bits per heavy atom. The van der Waals surface area contributed by atoms with Crippen LogP contribution in [0.4, 0.5) is 0 Å². The molecule has 0 spiro atoms. The highest BCUT2D eigenvalue weighted by atomic mass is 35.5. The molecule has 3 aliphatic heterocycles. The van der Waals surface area contributed by atoms with Crippen molar-refractivity contribution in [3.05, 3.63) is 58.1 Å². The van der Waals surface area contributed by atoms with Crippen LogP contribution in [0.5, 0.6) is 0 Å². The molecule has 3 heterocycles. The van der Waals surface area contributed by atoms with E-state index in [0.717, 1.165) is 44.1 Å². The quantitative estimate of drug-likeness (QED) is 0.424. The van der Waals surface area contributed by atoms with Crippen LogP contribution in [0.1, 0.15) is 30.9 Å². The molecule has 3 aromatic rings. The van der Waals surface area contributed by atoms with Crippen LogP contribution < -0.4 is 0 Å². The van der Waals surface area contributed by atoms with E-state index in [1.165, 1.54) is 38.9 Å². The molecule has 3 saturated heterocycles. The van der Waals surface area contributed by atoms with E-state index in [0.29, 0.717) is 10.0 Å². The van der Waals surface area contributed by atoms with Crippen LogP contribution in [-0.2, 0) is 0 Å². The van der Waals surface area contributed by atoms with Crippen molar-refractivity contribution in [1.29, 1.82) is 0 Å².